The van der Waals surface area contributed by atoms with Crippen LogP contribution in [0, 0.1) is 5.92 Å². The Kier molecular flexibility index (Phi) is 8.09. The van der Waals surface area contributed by atoms with Crippen molar-refractivity contribution in [1.29, 1.82) is 0 Å². The van der Waals surface area contributed by atoms with E-state index in [4.69, 9.17) is 4.74 Å². The quantitative estimate of drug-likeness (QED) is 0.481. The van der Waals surface area contributed by atoms with E-state index in [2.05, 4.69) is 58.7 Å². The molecule has 2 unspecified atom stereocenters. The molecule has 1 aromatic rings. The molecule has 0 radical (unpaired) electrons. The summed E-state index contributed by atoms with van der Waals surface area (Å²) in [5, 5.41) is 14.4. The average molecular weight is 422 g/mol. The van der Waals surface area contributed by atoms with Gasteiger partial charge in [-0.1, -0.05) is 27.7 Å². The Morgan fingerprint density at radius 3 is 2.57 bits per heavy atom. The van der Waals surface area contributed by atoms with Crippen molar-refractivity contribution >= 4 is 12.1 Å². The van der Waals surface area contributed by atoms with E-state index in [1.54, 1.807) is 7.05 Å². The van der Waals surface area contributed by atoms with E-state index in [-0.39, 0.29) is 18.0 Å². The fourth-order valence-electron chi connectivity index (χ4n) is 3.20. The molecule has 9 nitrogen and oxygen atoms in total. The fraction of sp³-hybridized carbons (Fsp3) is 0.810. The van der Waals surface area contributed by atoms with Crippen molar-refractivity contribution in [2.24, 2.45) is 10.9 Å². The molecule has 0 aromatic carbocycles. The summed E-state index contributed by atoms with van der Waals surface area (Å²) < 4.78 is 7.39. The maximum Gasteiger partial charge on any atom is 0.407 e. The van der Waals surface area contributed by atoms with Gasteiger partial charge in [-0.05, 0) is 33.1 Å². The van der Waals surface area contributed by atoms with Crippen LogP contribution in [0.2, 0.25) is 0 Å². The minimum atomic E-state index is -0.521. The number of aromatic nitrogens is 3. The summed E-state index contributed by atoms with van der Waals surface area (Å²) >= 11 is 0. The normalized spacial score (nSPS) is 18.2. The molecule has 0 aliphatic carbocycles. The van der Waals surface area contributed by atoms with Crippen LogP contribution in [-0.4, -0.2) is 58.1 Å². The zero-order valence-corrected chi connectivity index (χ0v) is 19.7. The molecule has 1 aromatic heterocycles. The van der Waals surface area contributed by atoms with Gasteiger partial charge in [0.25, 0.3) is 0 Å². The Labute approximate surface area is 180 Å². The summed E-state index contributed by atoms with van der Waals surface area (Å²) in [6.07, 6.45) is 1.46. The van der Waals surface area contributed by atoms with Gasteiger partial charge in [-0.15, -0.1) is 0 Å². The van der Waals surface area contributed by atoms with Crippen LogP contribution in [0.15, 0.2) is 4.99 Å². The minimum Gasteiger partial charge on any atom is -0.444 e. The number of amides is 1. The fourth-order valence-corrected chi connectivity index (χ4v) is 3.20. The lowest BCUT2D eigenvalue weighted by molar-refractivity contribution is 0.0491. The Balaban J connectivity index is 1.89. The van der Waals surface area contributed by atoms with Crippen molar-refractivity contribution < 1.29 is 9.53 Å². The topological polar surface area (TPSA) is 105 Å². The number of aliphatic imine (C=N–C) groups is 1. The number of hydrogen-bond acceptors (Lipinski definition) is 5. The average Bonchev–Trinajstić information content (AvgIpc) is 3.05. The first kappa shape index (κ1) is 24.0. The minimum absolute atomic E-state index is 0.0831. The third-order valence-corrected chi connectivity index (χ3v) is 4.95. The van der Waals surface area contributed by atoms with Gasteiger partial charge >= 0.3 is 6.09 Å². The van der Waals surface area contributed by atoms with E-state index < -0.39 is 11.7 Å². The lowest BCUT2D eigenvalue weighted by atomic mass is 10.0. The molecule has 1 aliphatic rings. The van der Waals surface area contributed by atoms with Gasteiger partial charge in [-0.25, -0.2) is 14.5 Å². The summed E-state index contributed by atoms with van der Waals surface area (Å²) in [6, 6.07) is 0.141. The second-order valence-corrected chi connectivity index (χ2v) is 9.55. The smallest absolute Gasteiger partial charge is 0.407 e. The van der Waals surface area contributed by atoms with Crippen LogP contribution in [0.5, 0.6) is 0 Å². The number of nitrogens with one attached hydrogen (secondary N) is 3. The molecule has 9 heteroatoms. The first-order chi connectivity index (χ1) is 14.0. The van der Waals surface area contributed by atoms with Gasteiger partial charge in [-0.3, -0.25) is 4.99 Å². The highest BCUT2D eigenvalue weighted by Crippen LogP contribution is 2.17. The molecular formula is C21H39N7O2. The Bertz CT molecular complexity index is 734. The monoisotopic (exact) mass is 421 g/mol. The third-order valence-electron chi connectivity index (χ3n) is 4.95. The summed E-state index contributed by atoms with van der Waals surface area (Å²) in [5.41, 5.74) is -0.521. The second kappa shape index (κ2) is 10.1. The van der Waals surface area contributed by atoms with Crippen molar-refractivity contribution in [3.8, 4) is 0 Å². The van der Waals surface area contributed by atoms with Crippen molar-refractivity contribution in [2.45, 2.75) is 91.5 Å². The maximum absolute atomic E-state index is 12.1. The molecular weight excluding hydrogens is 382 g/mol. The molecule has 1 amide bonds. The first-order valence-electron chi connectivity index (χ1n) is 10.9. The van der Waals surface area contributed by atoms with Crippen molar-refractivity contribution in [1.82, 2.24) is 30.7 Å². The Morgan fingerprint density at radius 1 is 1.30 bits per heavy atom. The third kappa shape index (κ3) is 7.18. The number of ether oxygens (including phenoxy) is 1. The molecule has 1 aliphatic heterocycles. The largest absolute Gasteiger partial charge is 0.444 e. The van der Waals surface area contributed by atoms with E-state index in [1.165, 1.54) is 0 Å². The number of fused-ring (bicyclic) bond motifs is 1. The van der Waals surface area contributed by atoms with Gasteiger partial charge in [0.1, 0.15) is 11.4 Å². The molecule has 0 fully saturated rings. The van der Waals surface area contributed by atoms with Crippen LogP contribution in [0.3, 0.4) is 0 Å². The van der Waals surface area contributed by atoms with E-state index in [1.807, 2.05) is 25.5 Å². The van der Waals surface area contributed by atoms with Crippen LogP contribution < -0.4 is 16.0 Å². The number of rotatable bonds is 6. The lowest BCUT2D eigenvalue weighted by Crippen LogP contribution is -2.52. The highest BCUT2D eigenvalue weighted by Gasteiger charge is 2.24. The van der Waals surface area contributed by atoms with Gasteiger partial charge in [-0.2, -0.15) is 5.10 Å². The SMILES string of the molecule is CN=C(NCC(NC(=O)OC(C)(C)C)C(C)C)NC1CCc2nc(C(C)C)nn2C1. The first-order valence-corrected chi connectivity index (χ1v) is 10.9. The summed E-state index contributed by atoms with van der Waals surface area (Å²) in [4.78, 5) is 21.1. The van der Waals surface area contributed by atoms with Crippen molar-refractivity contribution in [3.05, 3.63) is 11.6 Å². The molecule has 2 rings (SSSR count). The number of nitrogens with zero attached hydrogens (tertiary/aromatic N) is 4. The number of aryl methyl sites for hydroxylation is 1. The Hall–Kier alpha value is -2.32. The van der Waals surface area contributed by atoms with Gasteiger partial charge < -0.3 is 20.7 Å². The van der Waals surface area contributed by atoms with E-state index in [0.717, 1.165) is 31.0 Å². The molecule has 0 spiro atoms. The predicted molar refractivity (Wildman–Crippen MR) is 119 cm³/mol. The van der Waals surface area contributed by atoms with Crippen LogP contribution in [0.25, 0.3) is 0 Å². The maximum atomic E-state index is 12.1. The molecule has 3 N–H and O–H groups in total. The number of alkyl carbamates (subject to hydrolysis) is 1. The van der Waals surface area contributed by atoms with E-state index in [0.29, 0.717) is 18.4 Å². The van der Waals surface area contributed by atoms with Gasteiger partial charge in [0.15, 0.2) is 11.8 Å². The molecule has 0 saturated heterocycles. The molecule has 2 atom stereocenters. The molecule has 2 heterocycles. The predicted octanol–water partition coefficient (Wildman–Crippen LogP) is 2.43. The van der Waals surface area contributed by atoms with Crippen LogP contribution >= 0.6 is 0 Å². The number of carbonyl (C=O) groups is 1. The lowest BCUT2D eigenvalue weighted by Gasteiger charge is -2.28. The van der Waals surface area contributed by atoms with Crippen LogP contribution in [-0.2, 0) is 17.7 Å². The van der Waals surface area contributed by atoms with Crippen LogP contribution in [0.4, 0.5) is 4.79 Å². The summed E-state index contributed by atoms with van der Waals surface area (Å²) in [7, 11) is 1.75. The standard InChI is InChI=1S/C21H39N7O2/c1-13(2)16(25-20(29)30-21(5,6)7)11-23-19(22-8)24-15-9-10-17-26-18(14(3)4)27-28(17)12-15/h13-16H,9-12H2,1-8H3,(H,25,29)(H2,22,23,24). The Morgan fingerprint density at radius 2 is 2.00 bits per heavy atom. The molecule has 30 heavy (non-hydrogen) atoms. The van der Waals surface area contributed by atoms with Crippen LogP contribution in [0.1, 0.15) is 72.5 Å². The molecule has 0 bridgehead atoms. The summed E-state index contributed by atoms with van der Waals surface area (Å²) in [6.45, 7) is 15.2. The van der Waals surface area contributed by atoms with E-state index >= 15 is 0 Å². The van der Waals surface area contributed by atoms with Crippen molar-refractivity contribution in [2.75, 3.05) is 13.6 Å². The van der Waals surface area contributed by atoms with E-state index in [9.17, 15) is 4.79 Å². The number of guanidine groups is 1. The molecule has 0 saturated carbocycles. The molecule has 170 valence electrons. The highest BCUT2D eigenvalue weighted by molar-refractivity contribution is 5.80. The number of hydrogen-bond donors (Lipinski definition) is 3. The van der Waals surface area contributed by atoms with Crippen molar-refractivity contribution in [3.63, 3.8) is 0 Å². The van der Waals surface area contributed by atoms with Gasteiger partial charge in [0, 0.05) is 32.0 Å². The zero-order valence-electron chi connectivity index (χ0n) is 19.7. The van der Waals surface area contributed by atoms with Gasteiger partial charge in [0.05, 0.1) is 12.6 Å². The second-order valence-electron chi connectivity index (χ2n) is 9.55. The number of carbonyl (C=O) groups excluding carboxylic acids is 1. The van der Waals surface area contributed by atoms with Gasteiger partial charge in [0.2, 0.25) is 0 Å². The zero-order chi connectivity index (χ0) is 22.5. The summed E-state index contributed by atoms with van der Waals surface area (Å²) in [5.74, 6) is 3.24. The highest BCUT2D eigenvalue weighted by atomic mass is 16.6.